The highest BCUT2D eigenvalue weighted by Gasteiger charge is 2.09. The summed E-state index contributed by atoms with van der Waals surface area (Å²) in [6, 6.07) is 11.1. The first-order valence-electron chi connectivity index (χ1n) is 6.51. The molecule has 2 aromatic heterocycles. The van der Waals surface area contributed by atoms with Crippen LogP contribution in [0, 0.1) is 11.3 Å². The lowest BCUT2D eigenvalue weighted by Gasteiger charge is -2.03. The molecule has 0 spiro atoms. The Morgan fingerprint density at radius 3 is 2.95 bits per heavy atom. The zero-order valence-corrected chi connectivity index (χ0v) is 13.3. The van der Waals surface area contributed by atoms with Crippen molar-refractivity contribution in [3.63, 3.8) is 0 Å². The fourth-order valence-electron chi connectivity index (χ4n) is 2.16. The van der Waals surface area contributed by atoms with Crippen molar-refractivity contribution in [2.45, 2.75) is 0 Å². The number of benzene rings is 1. The SMILES string of the molecule is Cn1cccc1C=C(C#N)c1nc2ccc(Br)cc2c(=O)[nH]1. The lowest BCUT2D eigenvalue weighted by atomic mass is 10.2. The van der Waals surface area contributed by atoms with Crippen molar-refractivity contribution in [3.05, 3.63) is 62.9 Å². The Morgan fingerprint density at radius 1 is 1.45 bits per heavy atom. The van der Waals surface area contributed by atoms with Gasteiger partial charge in [-0.05, 0) is 36.4 Å². The van der Waals surface area contributed by atoms with Gasteiger partial charge in [-0.15, -0.1) is 0 Å². The number of hydrogen-bond donors (Lipinski definition) is 1. The molecule has 0 saturated heterocycles. The highest BCUT2D eigenvalue weighted by Crippen LogP contribution is 2.18. The summed E-state index contributed by atoms with van der Waals surface area (Å²) in [6.07, 6.45) is 3.58. The Hall–Kier alpha value is -2.65. The summed E-state index contributed by atoms with van der Waals surface area (Å²) in [5, 5.41) is 9.86. The highest BCUT2D eigenvalue weighted by atomic mass is 79.9. The van der Waals surface area contributed by atoms with Crippen LogP contribution in [0.15, 0.2) is 45.8 Å². The number of aryl methyl sites for hydroxylation is 1. The predicted molar refractivity (Wildman–Crippen MR) is 89.0 cm³/mol. The predicted octanol–water partition coefficient (Wildman–Crippen LogP) is 3.09. The molecule has 0 aliphatic rings. The molecular formula is C16H11BrN4O. The van der Waals surface area contributed by atoms with Gasteiger partial charge >= 0.3 is 0 Å². The molecule has 2 heterocycles. The number of aromatic amines is 1. The number of aromatic nitrogens is 3. The molecule has 0 amide bonds. The molecule has 0 aliphatic carbocycles. The van der Waals surface area contributed by atoms with Gasteiger partial charge in [0, 0.05) is 23.4 Å². The Bertz CT molecular complexity index is 991. The first kappa shape index (κ1) is 14.3. The van der Waals surface area contributed by atoms with Gasteiger partial charge in [-0.1, -0.05) is 15.9 Å². The minimum atomic E-state index is -0.269. The van der Waals surface area contributed by atoms with E-state index >= 15 is 0 Å². The van der Waals surface area contributed by atoms with Crippen LogP contribution >= 0.6 is 15.9 Å². The fraction of sp³-hybridized carbons (Fsp3) is 0.0625. The van der Waals surface area contributed by atoms with Crippen LogP contribution in [0.25, 0.3) is 22.6 Å². The van der Waals surface area contributed by atoms with Crippen LogP contribution in [0.4, 0.5) is 0 Å². The number of rotatable bonds is 2. The van der Waals surface area contributed by atoms with Crippen molar-refractivity contribution in [1.29, 1.82) is 5.26 Å². The largest absolute Gasteiger partial charge is 0.351 e. The van der Waals surface area contributed by atoms with E-state index in [9.17, 15) is 10.1 Å². The molecule has 1 N–H and O–H groups in total. The van der Waals surface area contributed by atoms with Gasteiger partial charge in [0.2, 0.25) is 0 Å². The third-order valence-corrected chi connectivity index (χ3v) is 3.81. The first-order valence-corrected chi connectivity index (χ1v) is 7.31. The number of H-pyrrole nitrogens is 1. The van der Waals surface area contributed by atoms with Gasteiger partial charge in [0.25, 0.3) is 5.56 Å². The zero-order valence-electron chi connectivity index (χ0n) is 11.7. The quantitative estimate of drug-likeness (QED) is 0.718. The third-order valence-electron chi connectivity index (χ3n) is 3.32. The highest BCUT2D eigenvalue weighted by molar-refractivity contribution is 9.10. The molecule has 5 nitrogen and oxygen atoms in total. The van der Waals surface area contributed by atoms with Gasteiger partial charge in [-0.25, -0.2) is 4.98 Å². The summed E-state index contributed by atoms with van der Waals surface area (Å²) < 4.78 is 2.69. The van der Waals surface area contributed by atoms with Crippen LogP contribution in [0.1, 0.15) is 11.5 Å². The van der Waals surface area contributed by atoms with E-state index in [1.807, 2.05) is 36.0 Å². The van der Waals surface area contributed by atoms with E-state index in [0.717, 1.165) is 10.2 Å². The van der Waals surface area contributed by atoms with Crippen LogP contribution in [-0.4, -0.2) is 14.5 Å². The summed E-state index contributed by atoms with van der Waals surface area (Å²) in [4.78, 5) is 19.2. The van der Waals surface area contributed by atoms with Crippen LogP contribution in [-0.2, 0) is 7.05 Å². The molecule has 0 atom stereocenters. The monoisotopic (exact) mass is 354 g/mol. The molecule has 0 saturated carbocycles. The fourth-order valence-corrected chi connectivity index (χ4v) is 2.53. The standard InChI is InChI=1S/C16H11BrN4O/c1-21-6-2-3-12(21)7-10(9-18)15-19-14-5-4-11(17)8-13(14)16(22)20-15/h2-8H,1H3,(H,19,20,22). The molecule has 3 rings (SSSR count). The van der Waals surface area contributed by atoms with Crippen LogP contribution in [0.2, 0.25) is 0 Å². The second-order valence-electron chi connectivity index (χ2n) is 4.79. The molecule has 22 heavy (non-hydrogen) atoms. The van der Waals surface area contributed by atoms with Crippen molar-refractivity contribution in [1.82, 2.24) is 14.5 Å². The van der Waals surface area contributed by atoms with E-state index in [-0.39, 0.29) is 11.4 Å². The van der Waals surface area contributed by atoms with Crippen molar-refractivity contribution < 1.29 is 0 Å². The van der Waals surface area contributed by atoms with Crippen molar-refractivity contribution in [2.24, 2.45) is 7.05 Å². The van der Waals surface area contributed by atoms with Crippen LogP contribution < -0.4 is 5.56 Å². The molecule has 0 bridgehead atoms. The molecule has 0 fully saturated rings. The Labute approximate surface area is 134 Å². The molecule has 108 valence electrons. The van der Waals surface area contributed by atoms with Gasteiger partial charge in [0.15, 0.2) is 5.82 Å². The normalized spacial score (nSPS) is 11.6. The van der Waals surface area contributed by atoms with Crippen LogP contribution in [0.3, 0.4) is 0 Å². The van der Waals surface area contributed by atoms with Gasteiger partial charge in [-0.2, -0.15) is 5.26 Å². The number of nitrogens with zero attached hydrogens (tertiary/aromatic N) is 3. The molecule has 3 aromatic rings. The van der Waals surface area contributed by atoms with E-state index < -0.39 is 0 Å². The Morgan fingerprint density at radius 2 is 2.27 bits per heavy atom. The Balaban J connectivity index is 2.19. The van der Waals surface area contributed by atoms with Crippen molar-refractivity contribution >= 4 is 38.5 Å². The number of nitriles is 1. The number of allylic oxidation sites excluding steroid dienone is 1. The maximum absolute atomic E-state index is 12.2. The van der Waals surface area contributed by atoms with Gasteiger partial charge in [-0.3, -0.25) is 4.79 Å². The van der Waals surface area contributed by atoms with E-state index in [1.54, 1.807) is 18.2 Å². The summed E-state index contributed by atoms with van der Waals surface area (Å²) in [5.41, 5.74) is 1.45. The van der Waals surface area contributed by atoms with E-state index in [0.29, 0.717) is 16.5 Å². The smallest absolute Gasteiger partial charge is 0.259 e. The first-order chi connectivity index (χ1) is 10.6. The van der Waals surface area contributed by atoms with E-state index in [4.69, 9.17) is 0 Å². The number of hydrogen-bond acceptors (Lipinski definition) is 3. The molecule has 0 radical (unpaired) electrons. The summed E-state index contributed by atoms with van der Waals surface area (Å²) in [7, 11) is 1.88. The lowest BCUT2D eigenvalue weighted by Crippen LogP contribution is -2.11. The second-order valence-corrected chi connectivity index (χ2v) is 5.71. The maximum Gasteiger partial charge on any atom is 0.259 e. The summed E-state index contributed by atoms with van der Waals surface area (Å²) >= 11 is 3.33. The molecule has 0 aliphatic heterocycles. The minimum absolute atomic E-state index is 0.267. The summed E-state index contributed by atoms with van der Waals surface area (Å²) in [5.74, 6) is 0.267. The molecular weight excluding hydrogens is 344 g/mol. The number of fused-ring (bicyclic) bond motifs is 1. The van der Waals surface area contributed by atoms with Crippen LogP contribution in [0.5, 0.6) is 0 Å². The molecule has 0 unspecified atom stereocenters. The number of nitrogens with one attached hydrogen (secondary N) is 1. The maximum atomic E-state index is 12.2. The molecule has 1 aromatic carbocycles. The Kier molecular flexibility index (Phi) is 3.65. The third kappa shape index (κ3) is 2.59. The van der Waals surface area contributed by atoms with Gasteiger partial charge in [0.05, 0.1) is 16.5 Å². The average Bonchev–Trinajstić information content (AvgIpc) is 2.90. The number of halogens is 1. The second kappa shape index (κ2) is 5.62. The topological polar surface area (TPSA) is 74.5 Å². The van der Waals surface area contributed by atoms with E-state index in [2.05, 4.69) is 32.0 Å². The van der Waals surface area contributed by atoms with Crippen molar-refractivity contribution in [2.75, 3.05) is 0 Å². The summed E-state index contributed by atoms with van der Waals surface area (Å²) in [6.45, 7) is 0. The minimum Gasteiger partial charge on any atom is -0.351 e. The zero-order chi connectivity index (χ0) is 15.7. The lowest BCUT2D eigenvalue weighted by molar-refractivity contribution is 0.915. The van der Waals surface area contributed by atoms with Gasteiger partial charge in [0.1, 0.15) is 6.07 Å². The van der Waals surface area contributed by atoms with Gasteiger partial charge < -0.3 is 9.55 Å². The molecule has 6 heteroatoms. The average molecular weight is 355 g/mol. The van der Waals surface area contributed by atoms with E-state index in [1.165, 1.54) is 0 Å². The van der Waals surface area contributed by atoms with Crippen molar-refractivity contribution in [3.8, 4) is 6.07 Å².